The molecule has 0 radical (unpaired) electrons. The van der Waals surface area contributed by atoms with Crippen LogP contribution in [0.15, 0.2) is 46.9 Å². The van der Waals surface area contributed by atoms with Crippen molar-refractivity contribution >= 4 is 21.6 Å². The number of aromatic hydroxyl groups is 1. The van der Waals surface area contributed by atoms with E-state index in [1.807, 2.05) is 12.1 Å². The van der Waals surface area contributed by atoms with Crippen molar-refractivity contribution in [2.24, 2.45) is 0 Å². The highest BCUT2D eigenvalue weighted by Crippen LogP contribution is 2.24. The molecule has 0 atom stereocenters. The molecule has 2 N–H and O–H groups in total. The number of halogens is 1. The molecular formula is C15H16BrNO. The summed E-state index contributed by atoms with van der Waals surface area (Å²) in [4.78, 5) is 0. The standard InChI is InChI=1S/C15H16BrNO/c1-2-11-4-3-5-13(8-11)17-10-12-6-7-15(18)14(16)9-12/h3-9,17-18H,2,10H2,1H3. The van der Waals surface area contributed by atoms with Gasteiger partial charge < -0.3 is 10.4 Å². The van der Waals surface area contributed by atoms with Crippen LogP contribution >= 0.6 is 15.9 Å². The summed E-state index contributed by atoms with van der Waals surface area (Å²) in [6.07, 6.45) is 1.04. The maximum absolute atomic E-state index is 9.43. The molecule has 0 saturated carbocycles. The normalized spacial score (nSPS) is 10.3. The maximum atomic E-state index is 9.43. The van der Waals surface area contributed by atoms with Crippen LogP contribution in [-0.2, 0) is 13.0 Å². The number of phenolic OH excluding ortho intramolecular Hbond substituents is 1. The molecule has 2 rings (SSSR count). The fourth-order valence-corrected chi connectivity index (χ4v) is 2.19. The fourth-order valence-electron chi connectivity index (χ4n) is 1.77. The first kappa shape index (κ1) is 13.0. The Hall–Kier alpha value is -1.48. The number of rotatable bonds is 4. The predicted octanol–water partition coefficient (Wildman–Crippen LogP) is 4.33. The minimum atomic E-state index is 0.270. The van der Waals surface area contributed by atoms with Crippen LogP contribution in [0.5, 0.6) is 5.75 Å². The summed E-state index contributed by atoms with van der Waals surface area (Å²) in [6.45, 7) is 2.89. The molecule has 2 aromatic rings. The summed E-state index contributed by atoms with van der Waals surface area (Å²) < 4.78 is 0.726. The van der Waals surface area contributed by atoms with Crippen LogP contribution in [0.2, 0.25) is 0 Å². The lowest BCUT2D eigenvalue weighted by Gasteiger charge is -2.08. The fraction of sp³-hybridized carbons (Fsp3) is 0.200. The van der Waals surface area contributed by atoms with E-state index < -0.39 is 0 Å². The van der Waals surface area contributed by atoms with Crippen molar-refractivity contribution < 1.29 is 5.11 Å². The van der Waals surface area contributed by atoms with Gasteiger partial charge in [-0.25, -0.2) is 0 Å². The van der Waals surface area contributed by atoms with Crippen LogP contribution in [0.1, 0.15) is 18.1 Å². The van der Waals surface area contributed by atoms with E-state index >= 15 is 0 Å². The van der Waals surface area contributed by atoms with Gasteiger partial charge >= 0.3 is 0 Å². The van der Waals surface area contributed by atoms with E-state index in [4.69, 9.17) is 0 Å². The van der Waals surface area contributed by atoms with E-state index in [1.165, 1.54) is 5.56 Å². The number of anilines is 1. The van der Waals surface area contributed by atoms with Crippen LogP contribution < -0.4 is 5.32 Å². The van der Waals surface area contributed by atoms with Crippen LogP contribution in [0.3, 0.4) is 0 Å². The van der Waals surface area contributed by atoms with Gasteiger partial charge in [0.25, 0.3) is 0 Å². The first-order valence-electron chi connectivity index (χ1n) is 5.99. The number of phenols is 1. The molecule has 3 heteroatoms. The van der Waals surface area contributed by atoms with E-state index in [0.29, 0.717) is 0 Å². The lowest BCUT2D eigenvalue weighted by molar-refractivity contribution is 0.471. The van der Waals surface area contributed by atoms with Gasteiger partial charge in [0.2, 0.25) is 0 Å². The van der Waals surface area contributed by atoms with Crippen LogP contribution in [0, 0.1) is 0 Å². The second-order valence-electron chi connectivity index (χ2n) is 4.19. The van der Waals surface area contributed by atoms with Crippen molar-refractivity contribution in [3.63, 3.8) is 0 Å². The first-order valence-corrected chi connectivity index (χ1v) is 6.78. The molecule has 0 unspecified atom stereocenters. The predicted molar refractivity (Wildman–Crippen MR) is 79.0 cm³/mol. The summed E-state index contributed by atoms with van der Waals surface area (Å²) in [5.74, 6) is 0.270. The highest BCUT2D eigenvalue weighted by molar-refractivity contribution is 9.10. The number of nitrogens with one attached hydrogen (secondary N) is 1. The molecular weight excluding hydrogens is 290 g/mol. The van der Waals surface area contributed by atoms with Crippen molar-refractivity contribution in [3.8, 4) is 5.75 Å². The van der Waals surface area contributed by atoms with Crippen LogP contribution in [-0.4, -0.2) is 5.11 Å². The third kappa shape index (κ3) is 3.26. The Balaban J connectivity index is 2.04. The topological polar surface area (TPSA) is 32.3 Å². The number of benzene rings is 2. The summed E-state index contributed by atoms with van der Waals surface area (Å²) >= 11 is 3.32. The lowest BCUT2D eigenvalue weighted by atomic mass is 10.1. The van der Waals surface area contributed by atoms with Gasteiger partial charge in [0.1, 0.15) is 5.75 Å². The highest BCUT2D eigenvalue weighted by Gasteiger charge is 2.00. The second kappa shape index (κ2) is 5.91. The Bertz CT molecular complexity index is 540. The van der Waals surface area contributed by atoms with Gasteiger partial charge in [-0.1, -0.05) is 25.1 Å². The molecule has 0 aromatic heterocycles. The Morgan fingerprint density at radius 2 is 1.94 bits per heavy atom. The number of hydrogen-bond donors (Lipinski definition) is 2. The van der Waals surface area contributed by atoms with Crippen molar-refractivity contribution in [2.75, 3.05) is 5.32 Å². The average molecular weight is 306 g/mol. The molecule has 0 saturated heterocycles. The second-order valence-corrected chi connectivity index (χ2v) is 5.05. The van der Waals surface area contributed by atoms with Crippen molar-refractivity contribution in [3.05, 3.63) is 58.1 Å². The van der Waals surface area contributed by atoms with E-state index in [2.05, 4.69) is 52.4 Å². The van der Waals surface area contributed by atoms with Gasteiger partial charge in [0.05, 0.1) is 4.47 Å². The third-order valence-corrected chi connectivity index (χ3v) is 3.48. The Kier molecular flexibility index (Phi) is 4.26. The molecule has 0 heterocycles. The lowest BCUT2D eigenvalue weighted by Crippen LogP contribution is -1.99. The SMILES string of the molecule is CCc1cccc(NCc2ccc(O)c(Br)c2)c1. The molecule has 0 spiro atoms. The Labute approximate surface area is 116 Å². The first-order chi connectivity index (χ1) is 8.69. The van der Waals surface area contributed by atoms with Gasteiger partial charge in [-0.05, 0) is 57.7 Å². The zero-order valence-corrected chi connectivity index (χ0v) is 11.9. The molecule has 0 aliphatic rings. The molecule has 18 heavy (non-hydrogen) atoms. The summed E-state index contributed by atoms with van der Waals surface area (Å²) in [7, 11) is 0. The van der Waals surface area contributed by atoms with Crippen molar-refractivity contribution in [1.29, 1.82) is 0 Å². The molecule has 0 aliphatic heterocycles. The van der Waals surface area contributed by atoms with Crippen molar-refractivity contribution in [1.82, 2.24) is 0 Å². The zero-order valence-electron chi connectivity index (χ0n) is 10.3. The molecule has 2 nitrogen and oxygen atoms in total. The van der Waals surface area contributed by atoms with Gasteiger partial charge in [-0.15, -0.1) is 0 Å². The number of hydrogen-bond acceptors (Lipinski definition) is 2. The molecule has 94 valence electrons. The van der Waals surface area contributed by atoms with Crippen LogP contribution in [0.4, 0.5) is 5.69 Å². The largest absolute Gasteiger partial charge is 0.507 e. The van der Waals surface area contributed by atoms with Gasteiger partial charge in [-0.3, -0.25) is 0 Å². The minimum Gasteiger partial charge on any atom is -0.507 e. The maximum Gasteiger partial charge on any atom is 0.129 e. The Morgan fingerprint density at radius 3 is 2.67 bits per heavy atom. The number of aryl methyl sites for hydroxylation is 1. The quantitative estimate of drug-likeness (QED) is 0.881. The van der Waals surface area contributed by atoms with Gasteiger partial charge in [-0.2, -0.15) is 0 Å². The van der Waals surface area contributed by atoms with E-state index in [-0.39, 0.29) is 5.75 Å². The molecule has 2 aromatic carbocycles. The highest BCUT2D eigenvalue weighted by atomic mass is 79.9. The third-order valence-electron chi connectivity index (χ3n) is 2.84. The summed E-state index contributed by atoms with van der Waals surface area (Å²) in [5, 5.41) is 12.8. The van der Waals surface area contributed by atoms with E-state index in [1.54, 1.807) is 6.07 Å². The summed E-state index contributed by atoms with van der Waals surface area (Å²) in [5.41, 5.74) is 3.58. The van der Waals surface area contributed by atoms with E-state index in [0.717, 1.165) is 28.7 Å². The molecule has 0 amide bonds. The van der Waals surface area contributed by atoms with E-state index in [9.17, 15) is 5.11 Å². The smallest absolute Gasteiger partial charge is 0.129 e. The summed E-state index contributed by atoms with van der Waals surface area (Å²) in [6, 6.07) is 14.0. The van der Waals surface area contributed by atoms with Gasteiger partial charge in [0.15, 0.2) is 0 Å². The zero-order chi connectivity index (χ0) is 13.0. The van der Waals surface area contributed by atoms with Gasteiger partial charge in [0, 0.05) is 12.2 Å². The molecule has 0 bridgehead atoms. The average Bonchev–Trinajstić information content (AvgIpc) is 2.40. The minimum absolute atomic E-state index is 0.270. The molecule has 0 aliphatic carbocycles. The molecule has 0 fully saturated rings. The Morgan fingerprint density at radius 1 is 1.11 bits per heavy atom. The monoisotopic (exact) mass is 305 g/mol. The van der Waals surface area contributed by atoms with Crippen LogP contribution in [0.25, 0.3) is 0 Å². The van der Waals surface area contributed by atoms with Crippen molar-refractivity contribution in [2.45, 2.75) is 19.9 Å².